The van der Waals surface area contributed by atoms with Gasteiger partial charge in [0.1, 0.15) is 0 Å². The molecule has 0 spiro atoms. The lowest BCUT2D eigenvalue weighted by Gasteiger charge is -1.75. The van der Waals surface area contributed by atoms with E-state index in [4.69, 9.17) is 0 Å². The van der Waals surface area contributed by atoms with Crippen LogP contribution in [0.25, 0.3) is 0 Å². The maximum atomic E-state index is 3.56. The van der Waals surface area contributed by atoms with Crippen LogP contribution in [0.1, 0.15) is 6.92 Å². The van der Waals surface area contributed by atoms with E-state index in [9.17, 15) is 0 Å². The Morgan fingerprint density at radius 2 is 2.60 bits per heavy atom. The molecule has 1 N–H and O–H groups in total. The molecule has 0 saturated carbocycles. The van der Waals surface area contributed by atoms with Crippen LogP contribution >= 0.6 is 9.39 Å². The van der Waals surface area contributed by atoms with Crippen LogP contribution in [0.15, 0.2) is 5.10 Å². The van der Waals surface area contributed by atoms with Crippen LogP contribution < -0.4 is 5.20 Å². The minimum absolute atomic E-state index is 1.67. The molecule has 0 fully saturated rings. The summed E-state index contributed by atoms with van der Waals surface area (Å²) in [5, 5.41) is 6.06. The maximum absolute atomic E-state index is 3.56. The van der Waals surface area contributed by atoms with Gasteiger partial charge in [0.05, 0.1) is 0 Å². The van der Waals surface area contributed by atoms with E-state index < -0.39 is 0 Å². The van der Waals surface area contributed by atoms with E-state index in [1.165, 1.54) is 0 Å². The Kier molecular flexibility index (Phi) is 3.82. The van der Waals surface area contributed by atoms with Crippen molar-refractivity contribution in [3.05, 3.63) is 0 Å². The number of rotatable bonds is 1. The molecule has 0 bridgehead atoms. The average molecular weight is 90.1 g/mol. The quantitative estimate of drug-likeness (QED) is 0.281. The van der Waals surface area contributed by atoms with Crippen molar-refractivity contribution in [2.75, 3.05) is 0 Å². The second-order valence-corrected chi connectivity index (χ2v) is 0.775. The van der Waals surface area contributed by atoms with Gasteiger partial charge in [0.2, 0.25) is 0 Å². The summed E-state index contributed by atoms with van der Waals surface area (Å²) in [6.45, 7) is 1.84. The molecule has 0 amide bonds. The molecule has 1 unspecified atom stereocenters. The SMILES string of the molecule is C/C=N\NP. The first-order valence-corrected chi connectivity index (χ1v) is 1.93. The van der Waals surface area contributed by atoms with Crippen molar-refractivity contribution in [3.8, 4) is 0 Å². The number of nitrogens with zero attached hydrogens (tertiary/aromatic N) is 1. The van der Waals surface area contributed by atoms with Crippen LogP contribution in [0.2, 0.25) is 0 Å². The number of nitrogens with one attached hydrogen (secondary N) is 1. The van der Waals surface area contributed by atoms with Crippen molar-refractivity contribution in [2.24, 2.45) is 5.10 Å². The van der Waals surface area contributed by atoms with Crippen molar-refractivity contribution < 1.29 is 0 Å². The molecule has 0 heterocycles. The monoisotopic (exact) mass is 90.0 g/mol. The molecule has 2 nitrogen and oxygen atoms in total. The smallest absolute Gasteiger partial charge is 0.0214 e. The summed E-state index contributed by atoms with van der Waals surface area (Å²) in [6, 6.07) is 0. The van der Waals surface area contributed by atoms with Crippen molar-refractivity contribution in [3.63, 3.8) is 0 Å². The van der Waals surface area contributed by atoms with Gasteiger partial charge in [0.15, 0.2) is 0 Å². The van der Waals surface area contributed by atoms with Crippen LogP contribution in [-0.2, 0) is 0 Å². The first-order valence-electron chi connectivity index (χ1n) is 1.35. The molecule has 5 heavy (non-hydrogen) atoms. The molecule has 3 heteroatoms. The fourth-order valence-electron chi connectivity index (χ4n) is 0.0745. The predicted molar refractivity (Wildman–Crippen MR) is 27.0 cm³/mol. The number of hydrogen-bond acceptors (Lipinski definition) is 2. The summed E-state index contributed by atoms with van der Waals surface area (Å²) < 4.78 is 0. The van der Waals surface area contributed by atoms with Gasteiger partial charge >= 0.3 is 0 Å². The molecule has 0 aromatic carbocycles. The molecule has 0 aliphatic rings. The number of hydrogen-bond donors (Lipinski definition) is 1. The minimum atomic E-state index is 1.67. The number of hydrazone groups is 1. The molecule has 0 aliphatic heterocycles. The molecule has 0 rings (SSSR count). The van der Waals surface area contributed by atoms with Gasteiger partial charge in [-0.15, -0.1) is 0 Å². The van der Waals surface area contributed by atoms with Crippen molar-refractivity contribution in [2.45, 2.75) is 6.92 Å². The van der Waals surface area contributed by atoms with Crippen LogP contribution in [0.4, 0.5) is 0 Å². The fraction of sp³-hybridized carbons (Fsp3) is 0.500. The van der Waals surface area contributed by atoms with Gasteiger partial charge in [0.25, 0.3) is 0 Å². The fourth-order valence-corrected chi connectivity index (χ4v) is 0.224. The lowest BCUT2D eigenvalue weighted by Crippen LogP contribution is -1.78. The molecular formula is C2H7N2P. The Hall–Kier alpha value is -0.100. The second kappa shape index (κ2) is 3.90. The zero-order chi connectivity index (χ0) is 4.12. The standard InChI is InChI=1S/C2H7N2P/c1-2-3-4-5/h2,4H,5H2,1H3/b3-2-. The third-order valence-corrected chi connectivity index (χ3v) is 0.353. The Morgan fingerprint density at radius 3 is 2.60 bits per heavy atom. The van der Waals surface area contributed by atoms with Gasteiger partial charge in [-0.05, 0) is 16.3 Å². The molecule has 0 aromatic heterocycles. The Bertz CT molecular complexity index is 34.6. The van der Waals surface area contributed by atoms with Gasteiger partial charge in [-0.3, -0.25) is 5.20 Å². The Labute approximate surface area is 33.9 Å². The average Bonchev–Trinajstić information content (AvgIpc) is 1.41. The zero-order valence-electron chi connectivity index (χ0n) is 3.10. The van der Waals surface area contributed by atoms with Crippen molar-refractivity contribution in [1.29, 1.82) is 0 Å². The zero-order valence-corrected chi connectivity index (χ0v) is 4.26. The Morgan fingerprint density at radius 1 is 2.00 bits per heavy atom. The third kappa shape index (κ3) is 3.90. The normalized spacial score (nSPS) is 9.20. The minimum Gasteiger partial charge on any atom is -0.296 e. The van der Waals surface area contributed by atoms with Crippen molar-refractivity contribution >= 4 is 15.6 Å². The van der Waals surface area contributed by atoms with E-state index in [0.29, 0.717) is 0 Å². The molecule has 0 saturated heterocycles. The van der Waals surface area contributed by atoms with E-state index in [1.807, 2.05) is 6.92 Å². The summed E-state index contributed by atoms with van der Waals surface area (Å²) in [4.78, 5) is 0. The van der Waals surface area contributed by atoms with E-state index in [1.54, 1.807) is 6.21 Å². The molecule has 0 aromatic rings. The molecule has 1 atom stereocenters. The summed E-state index contributed by atoms with van der Waals surface area (Å²) in [6.07, 6.45) is 1.67. The van der Waals surface area contributed by atoms with Gasteiger partial charge in [-0.25, -0.2) is 0 Å². The first-order chi connectivity index (χ1) is 2.41. The summed E-state index contributed by atoms with van der Waals surface area (Å²) in [7, 11) is 2.25. The molecule has 30 valence electrons. The topological polar surface area (TPSA) is 24.4 Å². The summed E-state index contributed by atoms with van der Waals surface area (Å²) in [5.74, 6) is 0. The van der Waals surface area contributed by atoms with Crippen molar-refractivity contribution in [1.82, 2.24) is 5.20 Å². The second-order valence-electron chi connectivity index (χ2n) is 0.516. The predicted octanol–water partition coefficient (Wildman–Crippen LogP) is 0.372. The van der Waals surface area contributed by atoms with E-state index in [-0.39, 0.29) is 0 Å². The summed E-state index contributed by atoms with van der Waals surface area (Å²) >= 11 is 0. The molecule has 0 radical (unpaired) electrons. The molecular weight excluding hydrogens is 83.0 g/mol. The lowest BCUT2D eigenvalue weighted by molar-refractivity contribution is 1.13. The van der Waals surface area contributed by atoms with Gasteiger partial charge in [0, 0.05) is 6.21 Å². The van der Waals surface area contributed by atoms with Crippen LogP contribution in [0.3, 0.4) is 0 Å². The third-order valence-electron chi connectivity index (χ3n) is 0.204. The van der Waals surface area contributed by atoms with E-state index in [0.717, 1.165) is 0 Å². The van der Waals surface area contributed by atoms with Crippen LogP contribution in [-0.4, -0.2) is 6.21 Å². The van der Waals surface area contributed by atoms with Crippen LogP contribution in [0, 0.1) is 0 Å². The highest BCUT2D eigenvalue weighted by atomic mass is 31.0. The largest absolute Gasteiger partial charge is 0.296 e. The first kappa shape index (κ1) is 4.90. The lowest BCUT2D eigenvalue weighted by atomic mass is 10.9. The van der Waals surface area contributed by atoms with Gasteiger partial charge < -0.3 is 0 Å². The highest BCUT2D eigenvalue weighted by Crippen LogP contribution is 1.61. The molecule has 0 aliphatic carbocycles. The highest BCUT2D eigenvalue weighted by molar-refractivity contribution is 7.13. The maximum Gasteiger partial charge on any atom is 0.0214 e. The van der Waals surface area contributed by atoms with Gasteiger partial charge in [-0.1, -0.05) is 0 Å². The Balaban J connectivity index is 2.62. The van der Waals surface area contributed by atoms with Crippen LogP contribution in [0.5, 0.6) is 0 Å². The van der Waals surface area contributed by atoms with E-state index in [2.05, 4.69) is 19.7 Å². The highest BCUT2D eigenvalue weighted by Gasteiger charge is 1.44. The van der Waals surface area contributed by atoms with E-state index >= 15 is 0 Å². The summed E-state index contributed by atoms with van der Waals surface area (Å²) in [5.41, 5.74) is 0. The van der Waals surface area contributed by atoms with Gasteiger partial charge in [-0.2, -0.15) is 5.10 Å².